The third-order valence-corrected chi connectivity index (χ3v) is 5.97. The number of allylic oxidation sites excluding steroid dienone is 1. The third kappa shape index (κ3) is 5.05. The fourth-order valence-corrected chi connectivity index (χ4v) is 4.18. The lowest BCUT2D eigenvalue weighted by molar-refractivity contribution is -0.116. The predicted octanol–water partition coefficient (Wildman–Crippen LogP) is 5.94. The number of nitrogens with zero attached hydrogens (tertiary/aromatic N) is 1. The minimum atomic E-state index is -0.208. The summed E-state index contributed by atoms with van der Waals surface area (Å²) in [6.07, 6.45) is 5.00. The third-order valence-electron chi connectivity index (χ3n) is 5.97. The molecule has 7 nitrogen and oxygen atoms in total. The van der Waals surface area contributed by atoms with E-state index in [1.54, 1.807) is 32.8 Å². The number of hydrogen-bond donors (Lipinski definition) is 1. The lowest BCUT2D eigenvalue weighted by Crippen LogP contribution is -2.21. The van der Waals surface area contributed by atoms with Crippen LogP contribution in [-0.2, 0) is 11.3 Å². The molecule has 0 atom stereocenters. The average Bonchev–Trinajstić information content (AvgIpc) is 3.33. The van der Waals surface area contributed by atoms with Crippen LogP contribution in [0.25, 0.3) is 27.7 Å². The lowest BCUT2D eigenvalue weighted by atomic mass is 9.96. The van der Waals surface area contributed by atoms with Crippen LogP contribution in [0.2, 0.25) is 0 Å². The van der Waals surface area contributed by atoms with Crippen molar-refractivity contribution >= 4 is 22.4 Å². The largest absolute Gasteiger partial charge is 0.497 e. The van der Waals surface area contributed by atoms with Gasteiger partial charge in [0, 0.05) is 39.9 Å². The minimum absolute atomic E-state index is 0.208. The van der Waals surface area contributed by atoms with Gasteiger partial charge in [-0.15, -0.1) is 0 Å². The van der Waals surface area contributed by atoms with E-state index >= 15 is 0 Å². The van der Waals surface area contributed by atoms with E-state index in [0.29, 0.717) is 30.4 Å². The molecule has 0 saturated carbocycles. The quantitative estimate of drug-likeness (QED) is 0.295. The number of ether oxygens (including phenoxy) is 3. The zero-order chi connectivity index (χ0) is 25.7. The Balaban J connectivity index is 1.77. The molecule has 2 aromatic heterocycles. The highest BCUT2D eigenvalue weighted by molar-refractivity contribution is 6.02. The van der Waals surface area contributed by atoms with E-state index in [-0.39, 0.29) is 5.91 Å². The second kappa shape index (κ2) is 11.0. The van der Waals surface area contributed by atoms with Crippen molar-refractivity contribution in [2.45, 2.75) is 27.3 Å². The number of nitrogens with one attached hydrogen (secondary N) is 1. The Labute approximate surface area is 210 Å². The molecule has 0 radical (unpaired) electrons. The maximum atomic E-state index is 12.7. The van der Waals surface area contributed by atoms with E-state index in [4.69, 9.17) is 18.6 Å². The van der Waals surface area contributed by atoms with Crippen LogP contribution in [0.15, 0.2) is 65.4 Å². The molecule has 0 spiro atoms. The van der Waals surface area contributed by atoms with Crippen molar-refractivity contribution in [3.63, 3.8) is 0 Å². The van der Waals surface area contributed by atoms with Crippen LogP contribution in [-0.4, -0.2) is 31.7 Å². The first-order valence-corrected chi connectivity index (χ1v) is 11.7. The Bertz CT molecular complexity index is 1410. The number of pyridine rings is 1. The van der Waals surface area contributed by atoms with Gasteiger partial charge in [-0.05, 0) is 62.7 Å². The van der Waals surface area contributed by atoms with Crippen LogP contribution < -0.4 is 19.5 Å². The van der Waals surface area contributed by atoms with Gasteiger partial charge in [0.25, 0.3) is 0 Å². The van der Waals surface area contributed by atoms with E-state index in [9.17, 15) is 4.79 Å². The van der Waals surface area contributed by atoms with Gasteiger partial charge in [0.1, 0.15) is 22.8 Å². The van der Waals surface area contributed by atoms with Crippen molar-refractivity contribution in [1.82, 2.24) is 10.3 Å². The molecule has 0 aliphatic rings. The average molecular weight is 487 g/mol. The van der Waals surface area contributed by atoms with Gasteiger partial charge in [-0.3, -0.25) is 9.78 Å². The first-order chi connectivity index (χ1) is 17.5. The standard InChI is InChI=1S/C29H30N2O5/c1-6-35-28-19(3)29-24(25(17-36-29)23-14-21(33-4)10-11-26(23)34-5)15-22(28)18(2)13-27(32)31-16-20-9-7-8-12-30-20/h7-15,17H,6,16H2,1-5H3,(H,31,32)/b18-13+. The van der Waals surface area contributed by atoms with Crippen LogP contribution in [0.4, 0.5) is 0 Å². The van der Waals surface area contributed by atoms with Crippen molar-refractivity contribution < 1.29 is 23.4 Å². The molecule has 0 unspecified atom stereocenters. The summed E-state index contributed by atoms with van der Waals surface area (Å²) < 4.78 is 23.1. The summed E-state index contributed by atoms with van der Waals surface area (Å²) in [4.78, 5) is 17.0. The molecule has 4 rings (SSSR count). The van der Waals surface area contributed by atoms with Crippen LogP contribution >= 0.6 is 0 Å². The van der Waals surface area contributed by atoms with E-state index < -0.39 is 0 Å². The van der Waals surface area contributed by atoms with Gasteiger partial charge in [-0.25, -0.2) is 0 Å². The van der Waals surface area contributed by atoms with Crippen LogP contribution in [0, 0.1) is 6.92 Å². The fourth-order valence-electron chi connectivity index (χ4n) is 4.18. The molecular formula is C29H30N2O5. The van der Waals surface area contributed by atoms with Gasteiger partial charge in [-0.2, -0.15) is 0 Å². The number of benzene rings is 2. The number of hydrogen-bond acceptors (Lipinski definition) is 6. The van der Waals surface area contributed by atoms with Gasteiger partial charge in [-0.1, -0.05) is 6.07 Å². The summed E-state index contributed by atoms with van der Waals surface area (Å²) in [6.45, 7) is 6.62. The maximum Gasteiger partial charge on any atom is 0.244 e. The van der Waals surface area contributed by atoms with Crippen LogP contribution in [0.5, 0.6) is 17.2 Å². The Kier molecular flexibility index (Phi) is 7.59. The molecule has 1 amide bonds. The number of carbonyl (C=O) groups is 1. The molecule has 36 heavy (non-hydrogen) atoms. The van der Waals surface area contributed by atoms with Crippen molar-refractivity contribution in [3.05, 3.63) is 77.8 Å². The highest BCUT2D eigenvalue weighted by atomic mass is 16.5. The smallest absolute Gasteiger partial charge is 0.244 e. The maximum absolute atomic E-state index is 12.7. The second-order valence-corrected chi connectivity index (χ2v) is 8.27. The number of aromatic nitrogens is 1. The Morgan fingerprint density at radius 1 is 1.11 bits per heavy atom. The monoisotopic (exact) mass is 486 g/mol. The van der Waals surface area contributed by atoms with Gasteiger partial charge >= 0.3 is 0 Å². The Morgan fingerprint density at radius 3 is 2.64 bits per heavy atom. The molecule has 4 aromatic rings. The number of carbonyl (C=O) groups excluding carboxylic acids is 1. The molecule has 0 bridgehead atoms. The summed E-state index contributed by atoms with van der Waals surface area (Å²) in [7, 11) is 3.26. The van der Waals surface area contributed by atoms with Crippen molar-refractivity contribution in [2.75, 3.05) is 20.8 Å². The SMILES string of the molecule is CCOc1c(/C(C)=C/C(=O)NCc2ccccn2)cc2c(-c3cc(OC)ccc3OC)coc2c1C. The number of aryl methyl sites for hydroxylation is 1. The van der Waals surface area contributed by atoms with Crippen molar-refractivity contribution in [2.24, 2.45) is 0 Å². The second-order valence-electron chi connectivity index (χ2n) is 8.27. The van der Waals surface area contributed by atoms with Gasteiger partial charge in [0.05, 0.1) is 39.3 Å². The molecular weight excluding hydrogens is 456 g/mol. The molecule has 1 N–H and O–H groups in total. The number of amides is 1. The number of methoxy groups -OCH3 is 2. The molecule has 186 valence electrons. The Hall–Kier alpha value is -4.26. The molecule has 2 aromatic carbocycles. The van der Waals surface area contributed by atoms with Gasteiger partial charge in [0.15, 0.2) is 0 Å². The number of furan rings is 1. The highest BCUT2D eigenvalue weighted by Gasteiger charge is 2.21. The number of fused-ring (bicyclic) bond motifs is 1. The van der Waals surface area contributed by atoms with Crippen LogP contribution in [0.3, 0.4) is 0 Å². The van der Waals surface area contributed by atoms with Gasteiger partial charge < -0.3 is 23.9 Å². The topological polar surface area (TPSA) is 82.8 Å². The highest BCUT2D eigenvalue weighted by Crippen LogP contribution is 2.43. The first-order valence-electron chi connectivity index (χ1n) is 11.7. The summed E-state index contributed by atoms with van der Waals surface area (Å²) in [5.74, 6) is 1.89. The van der Waals surface area contributed by atoms with E-state index in [2.05, 4.69) is 10.3 Å². The van der Waals surface area contributed by atoms with Crippen molar-refractivity contribution in [3.8, 4) is 28.4 Å². The normalized spacial score (nSPS) is 11.4. The van der Waals surface area contributed by atoms with E-state index in [0.717, 1.165) is 44.5 Å². The molecule has 2 heterocycles. The van der Waals surface area contributed by atoms with Crippen LogP contribution in [0.1, 0.15) is 30.7 Å². The molecule has 0 fully saturated rings. The lowest BCUT2D eigenvalue weighted by Gasteiger charge is -2.15. The molecule has 7 heteroatoms. The molecule has 0 aliphatic heterocycles. The fraction of sp³-hybridized carbons (Fsp3) is 0.241. The number of rotatable bonds is 9. The zero-order valence-corrected chi connectivity index (χ0v) is 21.2. The van der Waals surface area contributed by atoms with Crippen molar-refractivity contribution in [1.29, 1.82) is 0 Å². The summed E-state index contributed by atoms with van der Waals surface area (Å²) >= 11 is 0. The zero-order valence-electron chi connectivity index (χ0n) is 21.2. The first kappa shape index (κ1) is 24.9. The minimum Gasteiger partial charge on any atom is -0.497 e. The molecule has 0 aliphatic carbocycles. The Morgan fingerprint density at radius 2 is 1.94 bits per heavy atom. The van der Waals surface area contributed by atoms with E-state index in [1.165, 1.54) is 0 Å². The summed E-state index contributed by atoms with van der Waals surface area (Å²) in [6, 6.07) is 13.2. The predicted molar refractivity (Wildman–Crippen MR) is 140 cm³/mol. The molecule has 0 saturated heterocycles. The van der Waals surface area contributed by atoms with E-state index in [1.807, 2.05) is 63.2 Å². The van der Waals surface area contributed by atoms with Gasteiger partial charge in [0.2, 0.25) is 5.91 Å². The summed E-state index contributed by atoms with van der Waals surface area (Å²) in [5.41, 5.74) is 5.67. The summed E-state index contributed by atoms with van der Waals surface area (Å²) in [5, 5.41) is 3.78.